The Labute approximate surface area is 228 Å². The number of benzene rings is 3. The molecule has 1 N–H and O–H groups in total. The van der Waals surface area contributed by atoms with E-state index in [1.54, 1.807) is 17.0 Å². The highest BCUT2D eigenvalue weighted by Crippen LogP contribution is 2.31. The molecular formula is C29H31N5O4S. The summed E-state index contributed by atoms with van der Waals surface area (Å²) in [6.07, 6.45) is 0. The second-order valence-corrected chi connectivity index (χ2v) is 12.1. The number of carbonyl (C=O) groups is 1. The third kappa shape index (κ3) is 5.03. The van der Waals surface area contributed by atoms with Crippen LogP contribution in [0.25, 0.3) is 22.2 Å². The Kier molecular flexibility index (Phi) is 6.62. The van der Waals surface area contributed by atoms with Crippen molar-refractivity contribution >= 4 is 27.0 Å². The minimum Gasteiger partial charge on any atom is -0.491 e. The number of carbonyl (C=O) groups excluding carboxylic acids is 1. The monoisotopic (exact) mass is 545 g/mol. The molecule has 0 bridgehead atoms. The number of fused-ring (bicyclic) bond motifs is 2. The van der Waals surface area contributed by atoms with Crippen LogP contribution >= 0.6 is 0 Å². The highest BCUT2D eigenvalue weighted by Gasteiger charge is 2.28. The standard InChI is InChI=1S/C29H31N5O4S/c1-20-30-26-9-5-23(18-27(26)31-20)22-6-10-28-24(17-22)19-33(15-16-38-28)29(35)21-3-7-25(8-4-21)39(36,37)34-13-11-32(2)12-14-34/h3-10,17-18H,11-16,19H2,1-2H3,(H,30,31). The second kappa shape index (κ2) is 10.1. The van der Waals surface area contributed by atoms with Crippen molar-refractivity contribution in [2.45, 2.75) is 18.4 Å². The van der Waals surface area contributed by atoms with Gasteiger partial charge in [0.15, 0.2) is 0 Å². The Balaban J connectivity index is 1.21. The van der Waals surface area contributed by atoms with Crippen LogP contribution in [0.15, 0.2) is 65.6 Å². The molecular weight excluding hydrogens is 514 g/mol. The van der Waals surface area contributed by atoms with E-state index in [9.17, 15) is 13.2 Å². The summed E-state index contributed by atoms with van der Waals surface area (Å²) in [6.45, 7) is 5.48. The third-order valence-electron chi connectivity index (χ3n) is 7.46. The smallest absolute Gasteiger partial charge is 0.254 e. The summed E-state index contributed by atoms with van der Waals surface area (Å²) in [6, 6.07) is 18.5. The molecule has 0 saturated carbocycles. The number of aromatic amines is 1. The normalized spacial score (nSPS) is 17.0. The highest BCUT2D eigenvalue weighted by atomic mass is 32.2. The van der Waals surface area contributed by atoms with Crippen molar-refractivity contribution in [3.8, 4) is 16.9 Å². The average Bonchev–Trinajstić information content (AvgIpc) is 3.18. The SMILES string of the molecule is Cc1nc2ccc(-c3ccc4c(c3)CN(C(=O)c3ccc(S(=O)(=O)N5CCN(C)CC5)cc3)CCO4)cc2[nH]1. The van der Waals surface area contributed by atoms with Crippen molar-refractivity contribution in [1.82, 2.24) is 24.1 Å². The van der Waals surface area contributed by atoms with Crippen molar-refractivity contribution in [1.29, 1.82) is 0 Å². The number of amides is 1. The van der Waals surface area contributed by atoms with Crippen molar-refractivity contribution in [3.05, 3.63) is 77.6 Å². The van der Waals surface area contributed by atoms with Gasteiger partial charge in [-0.3, -0.25) is 4.79 Å². The van der Waals surface area contributed by atoms with E-state index in [0.29, 0.717) is 51.4 Å². The van der Waals surface area contributed by atoms with Gasteiger partial charge in [0.25, 0.3) is 5.91 Å². The van der Waals surface area contributed by atoms with Crippen LogP contribution in [0.5, 0.6) is 5.75 Å². The number of nitrogens with one attached hydrogen (secondary N) is 1. The van der Waals surface area contributed by atoms with Crippen LogP contribution in [0.4, 0.5) is 0 Å². The molecule has 6 rings (SSSR count). The zero-order valence-electron chi connectivity index (χ0n) is 22.1. The number of hydrogen-bond acceptors (Lipinski definition) is 6. The summed E-state index contributed by atoms with van der Waals surface area (Å²) >= 11 is 0. The van der Waals surface area contributed by atoms with Gasteiger partial charge in [0, 0.05) is 43.9 Å². The first kappa shape index (κ1) is 25.5. The molecule has 2 aliphatic rings. The largest absolute Gasteiger partial charge is 0.491 e. The maximum atomic E-state index is 13.5. The second-order valence-electron chi connectivity index (χ2n) is 10.2. The van der Waals surface area contributed by atoms with Gasteiger partial charge in [-0.05, 0) is 73.6 Å². The van der Waals surface area contributed by atoms with Gasteiger partial charge in [-0.25, -0.2) is 13.4 Å². The van der Waals surface area contributed by atoms with E-state index in [1.165, 1.54) is 16.4 Å². The Morgan fingerprint density at radius 2 is 1.64 bits per heavy atom. The summed E-state index contributed by atoms with van der Waals surface area (Å²) in [5.41, 5.74) is 5.35. The number of aromatic nitrogens is 2. The van der Waals surface area contributed by atoms with Crippen LogP contribution in [0.3, 0.4) is 0 Å². The fourth-order valence-electron chi connectivity index (χ4n) is 5.19. The number of piperazine rings is 1. The first-order chi connectivity index (χ1) is 18.8. The lowest BCUT2D eigenvalue weighted by Gasteiger charge is -2.31. The fourth-order valence-corrected chi connectivity index (χ4v) is 6.62. The molecule has 4 aromatic rings. The molecule has 0 spiro atoms. The number of rotatable bonds is 4. The molecule has 3 heterocycles. The molecule has 202 valence electrons. The van der Waals surface area contributed by atoms with E-state index in [-0.39, 0.29) is 10.8 Å². The lowest BCUT2D eigenvalue weighted by molar-refractivity contribution is 0.0733. The van der Waals surface area contributed by atoms with Gasteiger partial charge >= 0.3 is 0 Å². The van der Waals surface area contributed by atoms with Crippen molar-refractivity contribution < 1.29 is 17.9 Å². The Bertz CT molecular complexity index is 1640. The molecule has 1 amide bonds. The van der Waals surface area contributed by atoms with Gasteiger partial charge in [-0.1, -0.05) is 12.1 Å². The molecule has 39 heavy (non-hydrogen) atoms. The van der Waals surface area contributed by atoms with Crippen molar-refractivity contribution in [2.24, 2.45) is 0 Å². The molecule has 0 unspecified atom stereocenters. The molecule has 2 aliphatic heterocycles. The molecule has 1 fully saturated rings. The fraction of sp³-hybridized carbons (Fsp3) is 0.310. The minimum absolute atomic E-state index is 0.158. The summed E-state index contributed by atoms with van der Waals surface area (Å²) in [5.74, 6) is 1.48. The van der Waals surface area contributed by atoms with Gasteiger partial charge in [-0.15, -0.1) is 0 Å². The van der Waals surface area contributed by atoms with Crippen LogP contribution in [0.1, 0.15) is 21.7 Å². The van der Waals surface area contributed by atoms with Crippen LogP contribution in [-0.2, 0) is 16.6 Å². The van der Waals surface area contributed by atoms with Gasteiger partial charge in [-0.2, -0.15) is 4.31 Å². The highest BCUT2D eigenvalue weighted by molar-refractivity contribution is 7.89. The molecule has 9 nitrogen and oxygen atoms in total. The Morgan fingerprint density at radius 3 is 2.41 bits per heavy atom. The minimum atomic E-state index is -3.59. The van der Waals surface area contributed by atoms with Crippen LogP contribution in [0.2, 0.25) is 0 Å². The molecule has 1 saturated heterocycles. The number of sulfonamides is 1. The maximum absolute atomic E-state index is 13.5. The third-order valence-corrected chi connectivity index (χ3v) is 9.38. The topological polar surface area (TPSA) is 98.8 Å². The van der Waals surface area contributed by atoms with Crippen LogP contribution in [0, 0.1) is 6.92 Å². The van der Waals surface area contributed by atoms with E-state index >= 15 is 0 Å². The predicted molar refractivity (Wildman–Crippen MR) is 149 cm³/mol. The quantitative estimate of drug-likeness (QED) is 0.422. The maximum Gasteiger partial charge on any atom is 0.254 e. The number of aryl methyl sites for hydroxylation is 1. The average molecular weight is 546 g/mol. The predicted octanol–water partition coefficient (Wildman–Crippen LogP) is 3.51. The summed E-state index contributed by atoms with van der Waals surface area (Å²) in [5, 5.41) is 0. The lowest BCUT2D eigenvalue weighted by Crippen LogP contribution is -2.47. The molecule has 0 aliphatic carbocycles. The first-order valence-electron chi connectivity index (χ1n) is 13.1. The Morgan fingerprint density at radius 1 is 0.923 bits per heavy atom. The number of ether oxygens (including phenoxy) is 1. The summed E-state index contributed by atoms with van der Waals surface area (Å²) < 4.78 is 33.6. The van der Waals surface area contributed by atoms with E-state index in [0.717, 1.165) is 39.3 Å². The van der Waals surface area contributed by atoms with Gasteiger partial charge in [0.05, 0.1) is 22.5 Å². The van der Waals surface area contributed by atoms with E-state index in [1.807, 2.05) is 38.2 Å². The molecule has 1 aromatic heterocycles. The number of likely N-dealkylation sites (N-methyl/N-ethyl adjacent to an activating group) is 1. The molecule has 10 heteroatoms. The van der Waals surface area contributed by atoms with Crippen molar-refractivity contribution in [2.75, 3.05) is 46.4 Å². The van der Waals surface area contributed by atoms with Crippen molar-refractivity contribution in [3.63, 3.8) is 0 Å². The van der Waals surface area contributed by atoms with Gasteiger partial charge in [0.1, 0.15) is 18.2 Å². The number of imidazole rings is 1. The molecule has 0 atom stereocenters. The van der Waals surface area contributed by atoms with E-state index < -0.39 is 10.0 Å². The Hall–Kier alpha value is -3.73. The van der Waals surface area contributed by atoms with E-state index in [4.69, 9.17) is 4.74 Å². The van der Waals surface area contributed by atoms with Crippen LogP contribution < -0.4 is 4.74 Å². The van der Waals surface area contributed by atoms with Gasteiger partial charge in [0.2, 0.25) is 10.0 Å². The number of hydrogen-bond donors (Lipinski definition) is 1. The summed E-state index contributed by atoms with van der Waals surface area (Å²) in [7, 11) is -1.60. The lowest BCUT2D eigenvalue weighted by atomic mass is 10.0. The van der Waals surface area contributed by atoms with E-state index in [2.05, 4.69) is 27.0 Å². The molecule has 0 radical (unpaired) electrons. The summed E-state index contributed by atoms with van der Waals surface area (Å²) in [4.78, 5) is 25.3. The van der Waals surface area contributed by atoms with Gasteiger partial charge < -0.3 is 19.5 Å². The number of H-pyrrole nitrogens is 1. The zero-order valence-corrected chi connectivity index (χ0v) is 22.9. The number of nitrogens with zero attached hydrogens (tertiary/aromatic N) is 4. The zero-order chi connectivity index (χ0) is 27.1. The van der Waals surface area contributed by atoms with Crippen LogP contribution in [-0.4, -0.2) is 84.8 Å². The molecule has 3 aromatic carbocycles. The first-order valence-corrected chi connectivity index (χ1v) is 14.5.